The average Bonchev–Trinajstić information content (AvgIpc) is 2.45. The Morgan fingerprint density at radius 2 is 2.00 bits per heavy atom. The molecule has 1 aliphatic heterocycles. The smallest absolute Gasteiger partial charge is 0.236 e. The number of rotatable bonds is 4. The molecule has 6 heteroatoms. The number of hydrogen-bond acceptors (Lipinski definition) is 3. The number of likely N-dealkylation sites (tertiary alicyclic amines) is 1. The van der Waals surface area contributed by atoms with Crippen LogP contribution in [0.2, 0.25) is 0 Å². The molecule has 1 aliphatic rings. The summed E-state index contributed by atoms with van der Waals surface area (Å²) in [6.45, 7) is 2.26. The Kier molecular flexibility index (Phi) is 5.25. The maximum absolute atomic E-state index is 13.1. The van der Waals surface area contributed by atoms with Gasteiger partial charge < -0.3 is 10.6 Å². The van der Waals surface area contributed by atoms with Gasteiger partial charge in [-0.2, -0.15) is 0 Å². The van der Waals surface area contributed by atoms with Crippen molar-refractivity contribution in [3.63, 3.8) is 0 Å². The molecule has 2 rings (SSSR count). The Morgan fingerprint density at radius 1 is 1.33 bits per heavy atom. The maximum Gasteiger partial charge on any atom is 0.236 e. The molecule has 1 aromatic carbocycles. The van der Waals surface area contributed by atoms with Gasteiger partial charge in [-0.1, -0.05) is 6.07 Å². The highest BCUT2D eigenvalue weighted by atomic mass is 19.2. The van der Waals surface area contributed by atoms with Crippen LogP contribution in [0.15, 0.2) is 18.2 Å². The van der Waals surface area contributed by atoms with Gasteiger partial charge >= 0.3 is 0 Å². The molecule has 1 saturated heterocycles. The van der Waals surface area contributed by atoms with Crippen LogP contribution in [0, 0.1) is 11.6 Å². The third-order valence-corrected chi connectivity index (χ3v) is 3.82. The third-order valence-electron chi connectivity index (χ3n) is 3.82. The number of carbonyl (C=O) groups excluding carboxylic acids is 1. The zero-order valence-corrected chi connectivity index (χ0v) is 12.2. The van der Waals surface area contributed by atoms with Crippen molar-refractivity contribution in [2.45, 2.75) is 25.4 Å². The van der Waals surface area contributed by atoms with Gasteiger partial charge in [0.25, 0.3) is 0 Å². The second-order valence-electron chi connectivity index (χ2n) is 5.61. The number of piperidine rings is 1. The summed E-state index contributed by atoms with van der Waals surface area (Å²) in [6, 6.07) is 3.92. The van der Waals surface area contributed by atoms with E-state index in [4.69, 9.17) is 5.73 Å². The van der Waals surface area contributed by atoms with E-state index in [0.29, 0.717) is 12.1 Å². The fraction of sp³-hybridized carbons (Fsp3) is 0.533. The van der Waals surface area contributed by atoms with E-state index in [0.717, 1.165) is 38.1 Å². The third kappa shape index (κ3) is 4.47. The van der Waals surface area contributed by atoms with Crippen molar-refractivity contribution in [3.8, 4) is 0 Å². The van der Waals surface area contributed by atoms with Gasteiger partial charge in [0, 0.05) is 32.7 Å². The molecule has 1 aromatic rings. The molecule has 0 spiro atoms. The average molecular weight is 297 g/mol. The zero-order chi connectivity index (χ0) is 15.4. The number of nitrogens with two attached hydrogens (primary N) is 1. The van der Waals surface area contributed by atoms with E-state index >= 15 is 0 Å². The lowest BCUT2D eigenvalue weighted by Crippen LogP contribution is -2.44. The normalized spacial score (nSPS) is 17.0. The van der Waals surface area contributed by atoms with E-state index in [-0.39, 0.29) is 18.5 Å². The lowest BCUT2D eigenvalue weighted by Gasteiger charge is -2.30. The first-order valence-corrected chi connectivity index (χ1v) is 7.11. The first-order valence-electron chi connectivity index (χ1n) is 7.11. The van der Waals surface area contributed by atoms with Gasteiger partial charge in [-0.3, -0.25) is 9.69 Å². The summed E-state index contributed by atoms with van der Waals surface area (Å²) in [5.74, 6) is -1.80. The zero-order valence-electron chi connectivity index (χ0n) is 12.2. The topological polar surface area (TPSA) is 49.6 Å². The molecule has 0 radical (unpaired) electrons. The van der Waals surface area contributed by atoms with Crippen molar-refractivity contribution in [2.75, 3.05) is 26.7 Å². The molecule has 116 valence electrons. The van der Waals surface area contributed by atoms with Gasteiger partial charge in [0.05, 0.1) is 6.54 Å². The summed E-state index contributed by atoms with van der Waals surface area (Å²) in [5, 5.41) is 0. The van der Waals surface area contributed by atoms with E-state index in [9.17, 15) is 13.6 Å². The molecule has 2 N–H and O–H groups in total. The number of amides is 1. The monoisotopic (exact) mass is 297 g/mol. The van der Waals surface area contributed by atoms with E-state index in [1.165, 1.54) is 11.0 Å². The van der Waals surface area contributed by atoms with Crippen LogP contribution in [0.1, 0.15) is 18.4 Å². The Bertz CT molecular complexity index is 502. The van der Waals surface area contributed by atoms with E-state index in [1.54, 1.807) is 7.05 Å². The number of likely N-dealkylation sites (N-methyl/N-ethyl adjacent to an activating group) is 1. The summed E-state index contributed by atoms with van der Waals surface area (Å²) in [6.07, 6.45) is 1.81. The van der Waals surface area contributed by atoms with Gasteiger partial charge in [0.2, 0.25) is 5.91 Å². The van der Waals surface area contributed by atoms with Crippen molar-refractivity contribution in [1.82, 2.24) is 9.80 Å². The summed E-state index contributed by atoms with van der Waals surface area (Å²) in [4.78, 5) is 15.7. The van der Waals surface area contributed by atoms with Crippen LogP contribution in [-0.2, 0) is 11.3 Å². The number of hydrogen-bond donors (Lipinski definition) is 1. The summed E-state index contributed by atoms with van der Waals surface area (Å²) < 4.78 is 26.0. The molecular formula is C15H21F2N3O. The standard InChI is InChI=1S/C15H21F2N3O/c1-19(9-11-2-3-13(16)14(17)8-11)15(21)10-20-6-4-12(18)5-7-20/h2-3,8,12H,4-7,9-10,18H2,1H3. The molecule has 0 bridgehead atoms. The minimum absolute atomic E-state index is 0.0322. The lowest BCUT2D eigenvalue weighted by atomic mass is 10.1. The largest absolute Gasteiger partial charge is 0.340 e. The van der Waals surface area contributed by atoms with Gasteiger partial charge in [0.15, 0.2) is 11.6 Å². The maximum atomic E-state index is 13.1. The molecule has 0 saturated carbocycles. The minimum atomic E-state index is -0.890. The van der Waals surface area contributed by atoms with Gasteiger partial charge in [-0.05, 0) is 30.5 Å². The lowest BCUT2D eigenvalue weighted by molar-refractivity contribution is -0.131. The fourth-order valence-corrected chi connectivity index (χ4v) is 2.42. The highest BCUT2D eigenvalue weighted by molar-refractivity contribution is 5.78. The van der Waals surface area contributed by atoms with Crippen LogP contribution >= 0.6 is 0 Å². The SMILES string of the molecule is CN(Cc1ccc(F)c(F)c1)C(=O)CN1CCC(N)CC1. The van der Waals surface area contributed by atoms with Crippen LogP contribution in [0.25, 0.3) is 0 Å². The summed E-state index contributed by atoms with van der Waals surface area (Å²) in [7, 11) is 1.67. The highest BCUT2D eigenvalue weighted by Gasteiger charge is 2.20. The number of carbonyl (C=O) groups is 1. The first-order chi connectivity index (χ1) is 9.95. The number of nitrogens with zero attached hydrogens (tertiary/aromatic N) is 2. The van der Waals surface area contributed by atoms with Crippen LogP contribution < -0.4 is 5.73 Å². The second kappa shape index (κ2) is 6.95. The van der Waals surface area contributed by atoms with Crippen molar-refractivity contribution in [1.29, 1.82) is 0 Å². The Balaban J connectivity index is 1.86. The van der Waals surface area contributed by atoms with E-state index in [1.807, 2.05) is 0 Å². The Labute approximate surface area is 123 Å². The molecule has 1 amide bonds. The van der Waals surface area contributed by atoms with Crippen LogP contribution in [0.4, 0.5) is 8.78 Å². The van der Waals surface area contributed by atoms with Crippen molar-refractivity contribution < 1.29 is 13.6 Å². The Hall–Kier alpha value is -1.53. The minimum Gasteiger partial charge on any atom is -0.340 e. The number of halogens is 2. The fourth-order valence-electron chi connectivity index (χ4n) is 2.42. The molecular weight excluding hydrogens is 276 g/mol. The molecule has 1 fully saturated rings. The van der Waals surface area contributed by atoms with Crippen LogP contribution in [0.3, 0.4) is 0 Å². The second-order valence-corrected chi connectivity index (χ2v) is 5.61. The van der Waals surface area contributed by atoms with Crippen LogP contribution in [-0.4, -0.2) is 48.4 Å². The van der Waals surface area contributed by atoms with Crippen molar-refractivity contribution >= 4 is 5.91 Å². The predicted molar refractivity (Wildman–Crippen MR) is 76.5 cm³/mol. The summed E-state index contributed by atoms with van der Waals surface area (Å²) >= 11 is 0. The summed E-state index contributed by atoms with van der Waals surface area (Å²) in [5.41, 5.74) is 6.40. The van der Waals surface area contributed by atoms with Gasteiger partial charge in [-0.15, -0.1) is 0 Å². The Morgan fingerprint density at radius 3 is 2.62 bits per heavy atom. The van der Waals surface area contributed by atoms with E-state index < -0.39 is 11.6 Å². The molecule has 4 nitrogen and oxygen atoms in total. The molecule has 0 aliphatic carbocycles. The molecule has 21 heavy (non-hydrogen) atoms. The van der Waals surface area contributed by atoms with Gasteiger partial charge in [0.1, 0.15) is 0 Å². The quantitative estimate of drug-likeness (QED) is 0.912. The van der Waals surface area contributed by atoms with Crippen molar-refractivity contribution in [2.24, 2.45) is 5.73 Å². The molecule has 1 heterocycles. The molecule has 0 atom stereocenters. The molecule has 0 aromatic heterocycles. The molecule has 0 unspecified atom stereocenters. The van der Waals surface area contributed by atoms with E-state index in [2.05, 4.69) is 4.90 Å². The highest BCUT2D eigenvalue weighted by Crippen LogP contribution is 2.12. The number of benzene rings is 1. The van der Waals surface area contributed by atoms with Crippen molar-refractivity contribution in [3.05, 3.63) is 35.4 Å². The predicted octanol–water partition coefficient (Wildman–Crippen LogP) is 1.35. The first kappa shape index (κ1) is 15.9. The van der Waals surface area contributed by atoms with Crippen LogP contribution in [0.5, 0.6) is 0 Å². The van der Waals surface area contributed by atoms with Gasteiger partial charge in [-0.25, -0.2) is 8.78 Å².